The number of ether oxygens (including phenoxy) is 1. The number of likely N-dealkylation sites (tertiary alicyclic amines) is 1. The average Bonchev–Trinajstić information content (AvgIpc) is 3.00. The molecule has 3 atom stereocenters. The van der Waals surface area contributed by atoms with Crippen LogP contribution in [-0.4, -0.2) is 35.5 Å². The van der Waals surface area contributed by atoms with E-state index in [-0.39, 0.29) is 24.4 Å². The van der Waals surface area contributed by atoms with Gasteiger partial charge in [0.1, 0.15) is 5.75 Å². The molecule has 6 heteroatoms. The molecule has 2 N–H and O–H groups in total. The molecule has 0 bridgehead atoms. The Kier molecular flexibility index (Phi) is 5.49. The van der Waals surface area contributed by atoms with Crippen LogP contribution in [0.15, 0.2) is 24.3 Å². The highest BCUT2D eigenvalue weighted by Gasteiger charge is 2.45. The van der Waals surface area contributed by atoms with Crippen LogP contribution in [0.2, 0.25) is 5.02 Å². The SMILES string of the molecule is CC(C)(Oc1cccc(Cl)c1)C(=O)N1CC2CCC(N)C2C1.Cl. The molecule has 3 unspecified atom stereocenters. The molecule has 0 radical (unpaired) electrons. The summed E-state index contributed by atoms with van der Waals surface area (Å²) in [6, 6.07) is 7.38. The van der Waals surface area contributed by atoms with Crippen molar-refractivity contribution in [1.29, 1.82) is 0 Å². The number of halogens is 2. The molecule has 1 aromatic rings. The number of amides is 1. The predicted molar refractivity (Wildman–Crippen MR) is 94.2 cm³/mol. The normalized spacial score (nSPS) is 26.6. The van der Waals surface area contributed by atoms with Gasteiger partial charge in [0.25, 0.3) is 5.91 Å². The van der Waals surface area contributed by atoms with Crippen LogP contribution >= 0.6 is 24.0 Å². The number of carbonyl (C=O) groups is 1. The fourth-order valence-corrected chi connectivity index (χ4v) is 3.90. The Morgan fingerprint density at radius 1 is 1.35 bits per heavy atom. The van der Waals surface area contributed by atoms with Crippen LogP contribution in [0, 0.1) is 11.8 Å². The number of nitrogens with two attached hydrogens (primary N) is 1. The van der Waals surface area contributed by atoms with E-state index in [0.717, 1.165) is 25.9 Å². The predicted octanol–water partition coefficient (Wildman–Crippen LogP) is 3.11. The van der Waals surface area contributed by atoms with Gasteiger partial charge >= 0.3 is 0 Å². The third-order valence-electron chi connectivity index (χ3n) is 4.88. The maximum atomic E-state index is 12.8. The van der Waals surface area contributed by atoms with E-state index in [1.54, 1.807) is 12.1 Å². The zero-order valence-corrected chi connectivity index (χ0v) is 15.1. The van der Waals surface area contributed by atoms with Gasteiger partial charge in [0.05, 0.1) is 0 Å². The minimum absolute atomic E-state index is 0. The molecule has 1 saturated carbocycles. The summed E-state index contributed by atoms with van der Waals surface area (Å²) in [4.78, 5) is 14.7. The minimum Gasteiger partial charge on any atom is -0.478 e. The molecule has 3 rings (SSSR count). The molecule has 1 aromatic carbocycles. The first kappa shape index (κ1) is 18.4. The van der Waals surface area contributed by atoms with Crippen LogP contribution < -0.4 is 10.5 Å². The maximum Gasteiger partial charge on any atom is 0.266 e. The molecule has 2 fully saturated rings. The summed E-state index contributed by atoms with van der Waals surface area (Å²) >= 11 is 5.97. The lowest BCUT2D eigenvalue weighted by atomic mass is 9.98. The Labute approximate surface area is 148 Å². The summed E-state index contributed by atoms with van der Waals surface area (Å²) < 4.78 is 5.90. The molecule has 23 heavy (non-hydrogen) atoms. The highest BCUT2D eigenvalue weighted by Crippen LogP contribution is 2.38. The third kappa shape index (κ3) is 3.76. The summed E-state index contributed by atoms with van der Waals surface area (Å²) in [6.07, 6.45) is 2.21. The second kappa shape index (κ2) is 6.88. The van der Waals surface area contributed by atoms with E-state index in [1.807, 2.05) is 30.9 Å². The lowest BCUT2D eigenvalue weighted by Crippen LogP contribution is -2.48. The highest BCUT2D eigenvalue weighted by atomic mass is 35.5. The van der Waals surface area contributed by atoms with E-state index in [9.17, 15) is 4.79 Å². The highest BCUT2D eigenvalue weighted by molar-refractivity contribution is 6.30. The quantitative estimate of drug-likeness (QED) is 0.902. The van der Waals surface area contributed by atoms with Gasteiger partial charge in [-0.1, -0.05) is 17.7 Å². The molecule has 2 aliphatic rings. The van der Waals surface area contributed by atoms with Gasteiger partial charge in [-0.05, 0) is 56.7 Å². The molecule has 0 spiro atoms. The van der Waals surface area contributed by atoms with Crippen molar-refractivity contribution in [1.82, 2.24) is 4.90 Å². The Morgan fingerprint density at radius 3 is 2.74 bits per heavy atom. The van der Waals surface area contributed by atoms with Crippen LogP contribution in [0.5, 0.6) is 5.75 Å². The minimum atomic E-state index is -0.909. The Hall–Kier alpha value is -0.970. The molecule has 128 valence electrons. The van der Waals surface area contributed by atoms with Crippen molar-refractivity contribution in [2.75, 3.05) is 13.1 Å². The van der Waals surface area contributed by atoms with E-state index in [1.165, 1.54) is 0 Å². The molecule has 1 saturated heterocycles. The summed E-state index contributed by atoms with van der Waals surface area (Å²) in [6.45, 7) is 5.18. The number of fused-ring (bicyclic) bond motifs is 1. The van der Waals surface area contributed by atoms with Crippen molar-refractivity contribution in [2.45, 2.75) is 38.3 Å². The fourth-order valence-electron chi connectivity index (χ4n) is 3.72. The molecule has 1 amide bonds. The largest absolute Gasteiger partial charge is 0.478 e. The van der Waals surface area contributed by atoms with Crippen molar-refractivity contribution in [2.24, 2.45) is 17.6 Å². The third-order valence-corrected chi connectivity index (χ3v) is 5.12. The van der Waals surface area contributed by atoms with Crippen molar-refractivity contribution >= 4 is 29.9 Å². The van der Waals surface area contributed by atoms with Crippen molar-refractivity contribution in [3.05, 3.63) is 29.3 Å². The van der Waals surface area contributed by atoms with Gasteiger partial charge in [0.2, 0.25) is 0 Å². The number of hydrogen-bond donors (Lipinski definition) is 1. The molecular weight excluding hydrogens is 335 g/mol. The van der Waals surface area contributed by atoms with Crippen LogP contribution in [0.4, 0.5) is 0 Å². The summed E-state index contributed by atoms with van der Waals surface area (Å²) in [5, 5.41) is 0.599. The van der Waals surface area contributed by atoms with Gasteiger partial charge in [-0.3, -0.25) is 4.79 Å². The summed E-state index contributed by atoms with van der Waals surface area (Å²) in [5.74, 6) is 1.64. The second-order valence-corrected chi connectivity index (χ2v) is 7.38. The van der Waals surface area contributed by atoms with Crippen LogP contribution in [0.25, 0.3) is 0 Å². The lowest BCUT2D eigenvalue weighted by Gasteiger charge is -2.30. The van der Waals surface area contributed by atoms with Gasteiger partial charge in [0, 0.05) is 24.2 Å². The topological polar surface area (TPSA) is 55.6 Å². The van der Waals surface area contributed by atoms with Crippen molar-refractivity contribution in [3.8, 4) is 5.75 Å². The Bertz CT molecular complexity index is 579. The Balaban J connectivity index is 0.00000192. The van der Waals surface area contributed by atoms with Gasteiger partial charge in [-0.2, -0.15) is 0 Å². The van der Waals surface area contributed by atoms with Gasteiger partial charge in [-0.25, -0.2) is 0 Å². The van der Waals surface area contributed by atoms with Gasteiger partial charge in [0.15, 0.2) is 5.60 Å². The van der Waals surface area contributed by atoms with Crippen LogP contribution in [-0.2, 0) is 4.79 Å². The fraction of sp³-hybridized carbons (Fsp3) is 0.588. The average molecular weight is 359 g/mol. The van der Waals surface area contributed by atoms with E-state index < -0.39 is 5.60 Å². The lowest BCUT2D eigenvalue weighted by molar-refractivity contribution is -0.144. The van der Waals surface area contributed by atoms with E-state index >= 15 is 0 Å². The second-order valence-electron chi connectivity index (χ2n) is 6.95. The zero-order valence-electron chi connectivity index (χ0n) is 13.5. The van der Waals surface area contributed by atoms with E-state index in [4.69, 9.17) is 22.1 Å². The molecule has 1 aliphatic heterocycles. The van der Waals surface area contributed by atoms with Gasteiger partial charge < -0.3 is 15.4 Å². The molecular formula is C17H24Cl2N2O2. The number of carbonyl (C=O) groups excluding carboxylic acids is 1. The summed E-state index contributed by atoms with van der Waals surface area (Å²) in [7, 11) is 0. The smallest absolute Gasteiger partial charge is 0.266 e. The molecule has 1 heterocycles. The van der Waals surface area contributed by atoms with E-state index in [2.05, 4.69) is 0 Å². The number of nitrogens with zero attached hydrogens (tertiary/aromatic N) is 1. The standard InChI is InChI=1S/C17H23ClN2O2.ClH/c1-17(2,22-13-5-3-4-12(18)8-13)16(21)20-9-11-6-7-15(19)14(11)10-20;/h3-5,8,11,14-15H,6-7,9-10,19H2,1-2H3;1H. The number of benzene rings is 1. The molecule has 1 aliphatic carbocycles. The van der Waals surface area contributed by atoms with E-state index in [0.29, 0.717) is 22.6 Å². The number of hydrogen-bond acceptors (Lipinski definition) is 3. The van der Waals surface area contributed by atoms with Crippen molar-refractivity contribution < 1.29 is 9.53 Å². The zero-order chi connectivity index (χ0) is 15.9. The van der Waals surface area contributed by atoms with Crippen LogP contribution in [0.1, 0.15) is 26.7 Å². The maximum absolute atomic E-state index is 12.8. The Morgan fingerprint density at radius 2 is 2.09 bits per heavy atom. The van der Waals surface area contributed by atoms with Crippen molar-refractivity contribution in [3.63, 3.8) is 0 Å². The van der Waals surface area contributed by atoms with Crippen LogP contribution in [0.3, 0.4) is 0 Å². The first-order valence-corrected chi connectivity index (χ1v) is 8.24. The molecule has 0 aromatic heterocycles. The molecule has 4 nitrogen and oxygen atoms in total. The monoisotopic (exact) mass is 358 g/mol. The summed E-state index contributed by atoms with van der Waals surface area (Å²) in [5.41, 5.74) is 5.24. The first-order valence-electron chi connectivity index (χ1n) is 7.86. The number of rotatable bonds is 3. The van der Waals surface area contributed by atoms with Gasteiger partial charge in [-0.15, -0.1) is 12.4 Å². The first-order chi connectivity index (χ1) is 10.4.